The third-order valence-electron chi connectivity index (χ3n) is 2.25. The minimum Gasteiger partial charge on any atom is -0.383 e. The second-order valence-electron chi connectivity index (χ2n) is 3.58. The van der Waals surface area contributed by atoms with Gasteiger partial charge in [-0.3, -0.25) is 0 Å². The fourth-order valence-electron chi connectivity index (χ4n) is 1.42. The Hall–Kier alpha value is -1.07. The molecule has 1 heterocycles. The van der Waals surface area contributed by atoms with Gasteiger partial charge in [-0.2, -0.15) is 0 Å². The van der Waals surface area contributed by atoms with E-state index in [9.17, 15) is 0 Å². The third kappa shape index (κ3) is 4.20. The Morgan fingerprint density at radius 2 is 2.38 bits per heavy atom. The van der Waals surface area contributed by atoms with Crippen LogP contribution in [0, 0.1) is 0 Å². The molecule has 1 rings (SSSR count). The number of anilines is 1. The van der Waals surface area contributed by atoms with Gasteiger partial charge in [0.25, 0.3) is 0 Å². The molecule has 0 bridgehead atoms. The number of rotatable bonds is 8. The van der Waals surface area contributed by atoms with Crippen molar-refractivity contribution in [2.24, 2.45) is 0 Å². The van der Waals surface area contributed by atoms with Crippen molar-refractivity contribution in [2.45, 2.75) is 26.5 Å². The summed E-state index contributed by atoms with van der Waals surface area (Å²) in [5.41, 5.74) is 0. The van der Waals surface area contributed by atoms with Crippen LogP contribution in [0.5, 0.6) is 0 Å². The molecule has 0 saturated carbocycles. The summed E-state index contributed by atoms with van der Waals surface area (Å²) in [7, 11) is 1.70. The van der Waals surface area contributed by atoms with Gasteiger partial charge in [-0.15, -0.1) is 0 Å². The lowest BCUT2D eigenvalue weighted by atomic mass is 10.4. The lowest BCUT2D eigenvalue weighted by molar-refractivity contribution is 0.0853. The number of methoxy groups -OCH3 is 1. The van der Waals surface area contributed by atoms with Crippen LogP contribution in [0.4, 0.5) is 5.95 Å². The Bertz CT molecular complexity index is 289. The molecule has 0 radical (unpaired) electrons. The van der Waals surface area contributed by atoms with E-state index >= 15 is 0 Å². The van der Waals surface area contributed by atoms with E-state index in [4.69, 9.17) is 9.47 Å². The predicted molar refractivity (Wildman–Crippen MR) is 63.7 cm³/mol. The summed E-state index contributed by atoms with van der Waals surface area (Å²) < 4.78 is 12.5. The number of nitrogens with zero attached hydrogens (tertiary/aromatic N) is 2. The highest BCUT2D eigenvalue weighted by atomic mass is 16.5. The van der Waals surface area contributed by atoms with E-state index in [1.54, 1.807) is 13.3 Å². The average molecular weight is 227 g/mol. The van der Waals surface area contributed by atoms with E-state index < -0.39 is 0 Å². The monoisotopic (exact) mass is 227 g/mol. The Balaban J connectivity index is 2.37. The van der Waals surface area contributed by atoms with Crippen LogP contribution in [0.15, 0.2) is 12.4 Å². The molecule has 0 amide bonds. The van der Waals surface area contributed by atoms with Crippen LogP contribution in [0.2, 0.25) is 0 Å². The molecule has 5 nitrogen and oxygen atoms in total. The molecule has 1 aromatic heterocycles. The van der Waals surface area contributed by atoms with Crippen LogP contribution in [0.25, 0.3) is 0 Å². The Morgan fingerprint density at radius 3 is 3.06 bits per heavy atom. The topological polar surface area (TPSA) is 48.3 Å². The fourth-order valence-corrected chi connectivity index (χ4v) is 1.42. The molecule has 5 heteroatoms. The van der Waals surface area contributed by atoms with Crippen LogP contribution in [0.3, 0.4) is 0 Å². The minimum atomic E-state index is 0.192. The Kier molecular flexibility index (Phi) is 5.88. The van der Waals surface area contributed by atoms with Crippen LogP contribution >= 0.6 is 0 Å². The highest BCUT2D eigenvalue weighted by molar-refractivity contribution is 5.25. The van der Waals surface area contributed by atoms with Gasteiger partial charge < -0.3 is 19.4 Å². The smallest absolute Gasteiger partial charge is 0.202 e. The molecule has 16 heavy (non-hydrogen) atoms. The van der Waals surface area contributed by atoms with Gasteiger partial charge in [0.15, 0.2) is 0 Å². The second-order valence-corrected chi connectivity index (χ2v) is 3.58. The van der Waals surface area contributed by atoms with Crippen molar-refractivity contribution in [3.63, 3.8) is 0 Å². The van der Waals surface area contributed by atoms with Crippen molar-refractivity contribution in [1.82, 2.24) is 9.55 Å². The maximum absolute atomic E-state index is 5.44. The van der Waals surface area contributed by atoms with Gasteiger partial charge in [-0.25, -0.2) is 4.98 Å². The molecular weight excluding hydrogens is 206 g/mol. The molecule has 0 aliphatic heterocycles. The summed E-state index contributed by atoms with van der Waals surface area (Å²) in [5.74, 6) is 0.864. The van der Waals surface area contributed by atoms with Gasteiger partial charge in [0.2, 0.25) is 5.95 Å². The molecule has 0 aliphatic rings. The Morgan fingerprint density at radius 1 is 1.56 bits per heavy atom. The standard InChI is InChI=1S/C11H21N3O2/c1-4-16-10(2)9-13-11-12-5-6-14(11)7-8-15-3/h5-6,10H,4,7-9H2,1-3H3,(H,12,13). The summed E-state index contributed by atoms with van der Waals surface area (Å²) in [6.45, 7) is 7.03. The van der Waals surface area contributed by atoms with Crippen molar-refractivity contribution < 1.29 is 9.47 Å². The summed E-state index contributed by atoms with van der Waals surface area (Å²) in [6.07, 6.45) is 3.91. The SMILES string of the molecule is CCOC(C)CNc1nccn1CCOC. The average Bonchev–Trinajstić information content (AvgIpc) is 2.71. The molecule has 0 aliphatic carbocycles. The summed E-state index contributed by atoms with van der Waals surface area (Å²) in [6, 6.07) is 0. The van der Waals surface area contributed by atoms with Crippen molar-refractivity contribution in [3.05, 3.63) is 12.4 Å². The fraction of sp³-hybridized carbons (Fsp3) is 0.727. The largest absolute Gasteiger partial charge is 0.383 e. The number of aromatic nitrogens is 2. The number of hydrogen-bond acceptors (Lipinski definition) is 4. The van der Waals surface area contributed by atoms with Crippen molar-refractivity contribution in [3.8, 4) is 0 Å². The van der Waals surface area contributed by atoms with Gasteiger partial charge in [0.1, 0.15) is 0 Å². The zero-order valence-electron chi connectivity index (χ0n) is 10.3. The van der Waals surface area contributed by atoms with E-state index in [1.165, 1.54) is 0 Å². The van der Waals surface area contributed by atoms with Crippen molar-refractivity contribution >= 4 is 5.95 Å². The van der Waals surface area contributed by atoms with Gasteiger partial charge in [0, 0.05) is 39.2 Å². The maximum Gasteiger partial charge on any atom is 0.202 e. The van der Waals surface area contributed by atoms with E-state index in [0.29, 0.717) is 6.61 Å². The van der Waals surface area contributed by atoms with E-state index in [2.05, 4.69) is 10.3 Å². The van der Waals surface area contributed by atoms with Gasteiger partial charge in [-0.05, 0) is 13.8 Å². The summed E-state index contributed by atoms with van der Waals surface area (Å²) >= 11 is 0. The van der Waals surface area contributed by atoms with E-state index in [1.807, 2.05) is 24.6 Å². The minimum absolute atomic E-state index is 0.192. The van der Waals surface area contributed by atoms with E-state index in [-0.39, 0.29) is 6.10 Å². The number of hydrogen-bond donors (Lipinski definition) is 1. The van der Waals surface area contributed by atoms with Crippen LogP contribution in [-0.2, 0) is 16.0 Å². The molecule has 92 valence electrons. The molecule has 0 aromatic carbocycles. The molecule has 0 fully saturated rings. The van der Waals surface area contributed by atoms with Crippen LogP contribution in [0.1, 0.15) is 13.8 Å². The molecular formula is C11H21N3O2. The summed E-state index contributed by atoms with van der Waals surface area (Å²) in [4.78, 5) is 4.24. The normalized spacial score (nSPS) is 12.7. The lowest BCUT2D eigenvalue weighted by Gasteiger charge is -2.14. The third-order valence-corrected chi connectivity index (χ3v) is 2.25. The van der Waals surface area contributed by atoms with Gasteiger partial charge in [0.05, 0.1) is 12.7 Å². The van der Waals surface area contributed by atoms with Crippen molar-refractivity contribution in [1.29, 1.82) is 0 Å². The molecule has 0 spiro atoms. The quantitative estimate of drug-likeness (QED) is 0.728. The molecule has 1 atom stereocenters. The highest BCUT2D eigenvalue weighted by Crippen LogP contribution is 2.04. The van der Waals surface area contributed by atoms with Crippen LogP contribution in [-0.4, -0.2) is 42.5 Å². The van der Waals surface area contributed by atoms with Gasteiger partial charge >= 0.3 is 0 Å². The number of ether oxygens (including phenoxy) is 2. The molecule has 1 aromatic rings. The first-order chi connectivity index (χ1) is 7.77. The van der Waals surface area contributed by atoms with E-state index in [0.717, 1.165) is 25.6 Å². The second kappa shape index (κ2) is 7.24. The van der Waals surface area contributed by atoms with Crippen LogP contribution < -0.4 is 5.32 Å². The lowest BCUT2D eigenvalue weighted by Crippen LogP contribution is -2.21. The number of imidazole rings is 1. The first-order valence-corrected chi connectivity index (χ1v) is 5.63. The molecule has 1 N–H and O–H groups in total. The van der Waals surface area contributed by atoms with Crippen molar-refractivity contribution in [2.75, 3.05) is 32.2 Å². The Labute approximate surface area is 96.8 Å². The highest BCUT2D eigenvalue weighted by Gasteiger charge is 2.04. The zero-order valence-corrected chi connectivity index (χ0v) is 10.3. The molecule has 1 unspecified atom stereocenters. The maximum atomic E-state index is 5.44. The predicted octanol–water partition coefficient (Wildman–Crippen LogP) is 1.37. The van der Waals surface area contributed by atoms with Gasteiger partial charge in [-0.1, -0.05) is 0 Å². The first kappa shape index (κ1) is 13.0. The number of nitrogens with one attached hydrogen (secondary N) is 1. The summed E-state index contributed by atoms with van der Waals surface area (Å²) in [5, 5.41) is 3.26. The zero-order chi connectivity index (χ0) is 11.8. The first-order valence-electron chi connectivity index (χ1n) is 5.63. The molecule has 0 saturated heterocycles.